The molecule has 2 heterocycles. The number of ether oxygens (including phenoxy) is 1. The summed E-state index contributed by atoms with van der Waals surface area (Å²) in [7, 11) is 4.05. The van der Waals surface area contributed by atoms with Crippen LogP contribution in [-0.2, 0) is 17.8 Å². The molecular formula is C25H30N4O2. The molecule has 0 radical (unpaired) electrons. The van der Waals surface area contributed by atoms with Crippen molar-refractivity contribution < 1.29 is 9.53 Å². The van der Waals surface area contributed by atoms with Crippen molar-refractivity contribution in [3.05, 3.63) is 83.7 Å². The van der Waals surface area contributed by atoms with Gasteiger partial charge in [0.2, 0.25) is 0 Å². The lowest BCUT2D eigenvalue weighted by Gasteiger charge is -2.26. The summed E-state index contributed by atoms with van der Waals surface area (Å²) in [4.78, 5) is 17.4. The van der Waals surface area contributed by atoms with E-state index in [1.807, 2.05) is 60.2 Å². The van der Waals surface area contributed by atoms with Crippen molar-refractivity contribution in [1.82, 2.24) is 14.7 Å². The Kier molecular flexibility index (Phi) is 6.67. The van der Waals surface area contributed by atoms with Crippen LogP contribution in [-0.4, -0.2) is 53.9 Å². The van der Waals surface area contributed by atoms with Crippen molar-refractivity contribution in [1.29, 1.82) is 0 Å². The van der Waals surface area contributed by atoms with Gasteiger partial charge in [0.05, 0.1) is 12.6 Å². The van der Waals surface area contributed by atoms with Crippen molar-refractivity contribution >= 4 is 11.6 Å². The number of hydrogen-bond donors (Lipinski definition) is 0. The molecule has 0 bridgehead atoms. The van der Waals surface area contributed by atoms with Gasteiger partial charge in [-0.05, 0) is 54.3 Å². The topological polar surface area (TPSA) is 50.6 Å². The summed E-state index contributed by atoms with van der Waals surface area (Å²) in [6.45, 7) is 2.66. The van der Waals surface area contributed by atoms with Gasteiger partial charge in [0.15, 0.2) is 0 Å². The zero-order valence-corrected chi connectivity index (χ0v) is 18.3. The van der Waals surface area contributed by atoms with Crippen LogP contribution >= 0.6 is 0 Å². The number of carbonyl (C=O) groups excluding carboxylic acids is 1. The maximum absolute atomic E-state index is 13.4. The maximum Gasteiger partial charge on any atom is 0.254 e. The van der Waals surface area contributed by atoms with Crippen LogP contribution in [0, 0.1) is 0 Å². The molecule has 3 aromatic rings. The second-order valence-corrected chi connectivity index (χ2v) is 8.28. The van der Waals surface area contributed by atoms with Crippen LogP contribution in [0.3, 0.4) is 0 Å². The van der Waals surface area contributed by atoms with Crippen molar-refractivity contribution in [3.8, 4) is 0 Å². The van der Waals surface area contributed by atoms with Gasteiger partial charge in [0, 0.05) is 57.4 Å². The molecule has 0 saturated carbocycles. The van der Waals surface area contributed by atoms with E-state index in [4.69, 9.17) is 4.74 Å². The minimum Gasteiger partial charge on any atom is -0.378 e. The van der Waals surface area contributed by atoms with E-state index in [9.17, 15) is 4.79 Å². The van der Waals surface area contributed by atoms with Gasteiger partial charge < -0.3 is 14.5 Å². The second kappa shape index (κ2) is 9.79. The predicted octanol–water partition coefficient (Wildman–Crippen LogP) is 3.82. The van der Waals surface area contributed by atoms with Crippen LogP contribution in [0.15, 0.2) is 67.0 Å². The Morgan fingerprint density at radius 3 is 2.45 bits per heavy atom. The van der Waals surface area contributed by atoms with Crippen LogP contribution in [0.5, 0.6) is 0 Å². The summed E-state index contributed by atoms with van der Waals surface area (Å²) >= 11 is 0. The summed E-state index contributed by atoms with van der Waals surface area (Å²) in [6.07, 6.45) is 5.89. The molecule has 1 fully saturated rings. The number of hydrogen-bond acceptors (Lipinski definition) is 4. The molecular weight excluding hydrogens is 388 g/mol. The summed E-state index contributed by atoms with van der Waals surface area (Å²) in [5.74, 6) is 0.0397. The first kappa shape index (κ1) is 21.1. The van der Waals surface area contributed by atoms with Gasteiger partial charge in [0.1, 0.15) is 0 Å². The molecule has 1 atom stereocenters. The Labute approximate surface area is 184 Å². The van der Waals surface area contributed by atoms with E-state index in [0.29, 0.717) is 25.2 Å². The Bertz CT molecular complexity index is 960. The molecule has 1 saturated heterocycles. The molecule has 0 N–H and O–H groups in total. The first-order valence-electron chi connectivity index (χ1n) is 10.8. The lowest BCUT2D eigenvalue weighted by Crippen LogP contribution is -2.37. The minimum absolute atomic E-state index is 0.0397. The number of anilines is 1. The fourth-order valence-corrected chi connectivity index (χ4v) is 3.89. The Morgan fingerprint density at radius 1 is 1.10 bits per heavy atom. The first-order valence-corrected chi connectivity index (χ1v) is 10.8. The largest absolute Gasteiger partial charge is 0.378 e. The van der Waals surface area contributed by atoms with Gasteiger partial charge in [-0.1, -0.05) is 24.3 Å². The minimum atomic E-state index is 0.0397. The molecule has 0 spiro atoms. The standard InChI is InChI=1S/C25H30N4O2/c1-27(2)23-12-8-20(9-13-23)17-28(19-24-5-3-16-31-24)25(30)22-10-6-21(7-11-22)18-29-15-4-14-26-29/h4,6-15,24H,3,5,16-19H2,1-2H3. The number of carbonyl (C=O) groups is 1. The highest BCUT2D eigenvalue weighted by molar-refractivity contribution is 5.94. The van der Waals surface area contributed by atoms with E-state index in [2.05, 4.69) is 34.3 Å². The van der Waals surface area contributed by atoms with Gasteiger partial charge in [0.25, 0.3) is 5.91 Å². The highest BCUT2D eigenvalue weighted by atomic mass is 16.5. The van der Waals surface area contributed by atoms with E-state index in [0.717, 1.165) is 36.3 Å². The SMILES string of the molecule is CN(C)c1ccc(CN(CC2CCCO2)C(=O)c2ccc(Cn3cccn3)cc2)cc1. The molecule has 4 rings (SSSR count). The molecule has 1 aliphatic rings. The van der Waals surface area contributed by atoms with Crippen molar-refractivity contribution in [2.45, 2.75) is 32.0 Å². The number of rotatable bonds is 8. The highest BCUT2D eigenvalue weighted by Gasteiger charge is 2.23. The molecule has 1 aliphatic heterocycles. The second-order valence-electron chi connectivity index (χ2n) is 8.28. The van der Waals surface area contributed by atoms with Gasteiger partial charge >= 0.3 is 0 Å². The van der Waals surface area contributed by atoms with Crippen LogP contribution < -0.4 is 4.90 Å². The third-order valence-corrected chi connectivity index (χ3v) is 5.67. The Hall–Kier alpha value is -3.12. The van der Waals surface area contributed by atoms with Gasteiger partial charge in [-0.25, -0.2) is 0 Å². The first-order chi connectivity index (χ1) is 15.1. The Balaban J connectivity index is 1.48. The fraction of sp³-hybridized carbons (Fsp3) is 0.360. The zero-order chi connectivity index (χ0) is 21.6. The van der Waals surface area contributed by atoms with E-state index in [1.165, 1.54) is 0 Å². The average Bonchev–Trinajstić information content (AvgIpc) is 3.48. The van der Waals surface area contributed by atoms with E-state index < -0.39 is 0 Å². The van der Waals surface area contributed by atoms with Gasteiger partial charge in [-0.15, -0.1) is 0 Å². The molecule has 2 aromatic carbocycles. The van der Waals surface area contributed by atoms with E-state index >= 15 is 0 Å². The summed E-state index contributed by atoms with van der Waals surface area (Å²) in [6, 6.07) is 18.1. The average molecular weight is 419 g/mol. The van der Waals surface area contributed by atoms with Crippen molar-refractivity contribution in [2.24, 2.45) is 0 Å². The molecule has 31 heavy (non-hydrogen) atoms. The van der Waals surface area contributed by atoms with Crippen molar-refractivity contribution in [2.75, 3.05) is 32.1 Å². The molecule has 1 amide bonds. The van der Waals surface area contributed by atoms with Crippen LogP contribution in [0.4, 0.5) is 5.69 Å². The fourth-order valence-electron chi connectivity index (χ4n) is 3.89. The molecule has 162 valence electrons. The Morgan fingerprint density at radius 2 is 1.84 bits per heavy atom. The third kappa shape index (κ3) is 5.52. The summed E-state index contributed by atoms with van der Waals surface area (Å²) in [5.41, 5.74) is 4.08. The monoisotopic (exact) mass is 418 g/mol. The number of aromatic nitrogens is 2. The third-order valence-electron chi connectivity index (χ3n) is 5.67. The predicted molar refractivity (Wildman–Crippen MR) is 122 cm³/mol. The quantitative estimate of drug-likeness (QED) is 0.558. The van der Waals surface area contributed by atoms with E-state index in [-0.39, 0.29) is 12.0 Å². The van der Waals surface area contributed by atoms with E-state index in [1.54, 1.807) is 6.20 Å². The zero-order valence-electron chi connectivity index (χ0n) is 18.3. The van der Waals surface area contributed by atoms with Gasteiger partial charge in [-0.2, -0.15) is 5.10 Å². The van der Waals surface area contributed by atoms with Crippen LogP contribution in [0.1, 0.15) is 34.3 Å². The molecule has 0 aliphatic carbocycles. The maximum atomic E-state index is 13.4. The lowest BCUT2D eigenvalue weighted by atomic mass is 10.1. The highest BCUT2D eigenvalue weighted by Crippen LogP contribution is 2.19. The van der Waals surface area contributed by atoms with Crippen LogP contribution in [0.25, 0.3) is 0 Å². The summed E-state index contributed by atoms with van der Waals surface area (Å²) in [5, 5.41) is 4.24. The molecule has 6 nitrogen and oxygen atoms in total. The molecule has 1 unspecified atom stereocenters. The normalized spacial score (nSPS) is 15.7. The molecule has 6 heteroatoms. The van der Waals surface area contributed by atoms with Crippen molar-refractivity contribution in [3.63, 3.8) is 0 Å². The lowest BCUT2D eigenvalue weighted by molar-refractivity contribution is 0.0507. The molecule has 1 aromatic heterocycles. The van der Waals surface area contributed by atoms with Crippen LogP contribution in [0.2, 0.25) is 0 Å². The number of benzene rings is 2. The van der Waals surface area contributed by atoms with Gasteiger partial charge in [-0.3, -0.25) is 9.48 Å². The smallest absolute Gasteiger partial charge is 0.254 e. The number of nitrogens with zero attached hydrogens (tertiary/aromatic N) is 4. The number of amides is 1. The summed E-state index contributed by atoms with van der Waals surface area (Å²) < 4.78 is 7.70.